The maximum Gasteiger partial charge on any atom is 0.322 e. The van der Waals surface area contributed by atoms with Gasteiger partial charge in [0.15, 0.2) is 0 Å². The minimum atomic E-state index is -1.59. The molecule has 0 aromatic heterocycles. The monoisotopic (exact) mass is 502 g/mol. The quantitative estimate of drug-likeness (QED) is 0.334. The van der Waals surface area contributed by atoms with Crippen molar-refractivity contribution < 1.29 is 28.5 Å². The topological polar surface area (TPSA) is 137 Å². The molecule has 4 unspecified atom stereocenters. The van der Waals surface area contributed by atoms with Gasteiger partial charge in [0.05, 0.1) is 6.10 Å². The normalized spacial score (nSPS) is 20.4. The van der Waals surface area contributed by atoms with Crippen LogP contribution in [-0.2, 0) is 23.4 Å². The number of hydrogen-bond acceptors (Lipinski definition) is 6. The number of nitrogens with zero attached hydrogens (tertiary/aromatic N) is 1. The Morgan fingerprint density at radius 1 is 1.21 bits per heavy atom. The van der Waals surface area contributed by atoms with E-state index in [0.717, 1.165) is 0 Å². The van der Waals surface area contributed by atoms with Crippen LogP contribution in [0.15, 0.2) is 12.2 Å². The highest BCUT2D eigenvalue weighted by Gasteiger charge is 2.37. The Balaban J connectivity index is 2.97. The second-order valence-corrected chi connectivity index (χ2v) is 13.7. The second kappa shape index (κ2) is 12.6. The molecule has 0 bridgehead atoms. The summed E-state index contributed by atoms with van der Waals surface area (Å²) in [4.78, 5) is 49.7. The van der Waals surface area contributed by atoms with Crippen molar-refractivity contribution in [3.05, 3.63) is 12.2 Å². The van der Waals surface area contributed by atoms with Gasteiger partial charge in [-0.3, -0.25) is 24.2 Å². The zero-order valence-corrected chi connectivity index (χ0v) is 22.5. The van der Waals surface area contributed by atoms with Crippen molar-refractivity contribution in [3.63, 3.8) is 0 Å². The Morgan fingerprint density at radius 3 is 2.35 bits per heavy atom. The van der Waals surface area contributed by atoms with Crippen LogP contribution in [0.5, 0.6) is 0 Å². The first-order valence-electron chi connectivity index (χ1n) is 11.5. The second-order valence-electron chi connectivity index (χ2n) is 9.85. The standard InChI is InChI=1S/C23H42N4O6S/c1-9-10-13-18(28)25-19(16(3)33-34(7,8)23(4,5)6)20(29)24-15(2)21(30)27-14-11-12-17(26-27)22(31)32/h9-10,15-17,19,26H,11-14H2,1-8H3,(H,24,29)(H,25,28)(H,31,32)/b10-9+. The Labute approximate surface area is 204 Å². The van der Waals surface area contributed by atoms with Gasteiger partial charge in [-0.15, -0.1) is 10.3 Å². The number of hydrogen-bond donors (Lipinski definition) is 4. The molecule has 4 N–H and O–H groups in total. The summed E-state index contributed by atoms with van der Waals surface area (Å²) in [5.41, 5.74) is 2.70. The molecule has 10 nitrogen and oxygen atoms in total. The summed E-state index contributed by atoms with van der Waals surface area (Å²) < 4.78 is 6.15. The van der Waals surface area contributed by atoms with Gasteiger partial charge in [-0.2, -0.15) is 0 Å². The number of carboxylic acid groups (broad SMARTS) is 1. The first kappa shape index (κ1) is 29.9. The molecular weight excluding hydrogens is 460 g/mol. The Bertz CT molecular complexity index is 780. The number of hydrazine groups is 1. The fourth-order valence-electron chi connectivity index (χ4n) is 3.15. The summed E-state index contributed by atoms with van der Waals surface area (Å²) >= 11 is 0. The Hall–Kier alpha value is -2.11. The Morgan fingerprint density at radius 2 is 1.82 bits per heavy atom. The average Bonchev–Trinajstić information content (AvgIpc) is 2.74. The molecule has 1 saturated heterocycles. The van der Waals surface area contributed by atoms with Crippen molar-refractivity contribution in [3.8, 4) is 0 Å². The summed E-state index contributed by atoms with van der Waals surface area (Å²) in [6.07, 6.45) is 7.87. The first-order chi connectivity index (χ1) is 15.6. The van der Waals surface area contributed by atoms with Gasteiger partial charge in [-0.05, 0) is 46.1 Å². The summed E-state index contributed by atoms with van der Waals surface area (Å²) in [6.45, 7) is 11.6. The minimum Gasteiger partial charge on any atom is -0.480 e. The molecule has 4 atom stereocenters. The zero-order chi connectivity index (χ0) is 26.3. The molecule has 11 heteroatoms. The highest BCUT2D eigenvalue weighted by atomic mass is 32.3. The number of allylic oxidation sites excluding steroid dienone is 1. The van der Waals surface area contributed by atoms with Crippen LogP contribution < -0.4 is 16.1 Å². The molecule has 0 aliphatic carbocycles. The Kier molecular flexibility index (Phi) is 11.0. The number of nitrogens with one attached hydrogen (secondary N) is 3. The van der Waals surface area contributed by atoms with Crippen LogP contribution in [0.4, 0.5) is 0 Å². The van der Waals surface area contributed by atoms with E-state index in [1.54, 1.807) is 26.0 Å². The van der Waals surface area contributed by atoms with E-state index in [9.17, 15) is 24.3 Å². The van der Waals surface area contributed by atoms with Crippen molar-refractivity contribution in [1.29, 1.82) is 0 Å². The predicted octanol–water partition coefficient (Wildman–Crippen LogP) is 1.71. The van der Waals surface area contributed by atoms with Crippen LogP contribution in [0.2, 0.25) is 0 Å². The van der Waals surface area contributed by atoms with Gasteiger partial charge in [0, 0.05) is 17.7 Å². The van der Waals surface area contributed by atoms with Gasteiger partial charge >= 0.3 is 5.97 Å². The highest BCUT2D eigenvalue weighted by molar-refractivity contribution is 8.29. The lowest BCUT2D eigenvalue weighted by molar-refractivity contribution is -0.148. The molecule has 0 aromatic rings. The van der Waals surface area contributed by atoms with Crippen LogP contribution in [-0.4, -0.2) is 81.8 Å². The van der Waals surface area contributed by atoms with Crippen molar-refractivity contribution in [1.82, 2.24) is 21.1 Å². The fourth-order valence-corrected chi connectivity index (χ4v) is 4.31. The van der Waals surface area contributed by atoms with Crippen LogP contribution in [0, 0.1) is 0 Å². The lowest BCUT2D eigenvalue weighted by atomic mass is 10.1. The number of amides is 3. The average molecular weight is 503 g/mol. The fraction of sp³-hybridized carbons (Fsp3) is 0.739. The number of carbonyl (C=O) groups is 4. The largest absolute Gasteiger partial charge is 0.480 e. The van der Waals surface area contributed by atoms with Crippen molar-refractivity contribution >= 4 is 34.0 Å². The van der Waals surface area contributed by atoms with Gasteiger partial charge < -0.3 is 19.9 Å². The molecule has 0 aromatic carbocycles. The molecule has 0 saturated carbocycles. The number of aliphatic carboxylic acids is 1. The molecule has 34 heavy (non-hydrogen) atoms. The molecule has 1 rings (SSSR count). The number of carboxylic acids is 1. The van der Waals surface area contributed by atoms with Gasteiger partial charge in [-0.25, -0.2) is 5.43 Å². The van der Waals surface area contributed by atoms with Gasteiger partial charge in [0.2, 0.25) is 11.8 Å². The summed E-state index contributed by atoms with van der Waals surface area (Å²) in [5.74, 6) is -2.36. The van der Waals surface area contributed by atoms with E-state index < -0.39 is 52.3 Å². The van der Waals surface area contributed by atoms with E-state index in [-0.39, 0.29) is 17.1 Å². The summed E-state index contributed by atoms with van der Waals surface area (Å²) in [7, 11) is -1.59. The van der Waals surface area contributed by atoms with E-state index >= 15 is 0 Å². The van der Waals surface area contributed by atoms with Crippen LogP contribution >= 0.6 is 10.3 Å². The highest BCUT2D eigenvalue weighted by Crippen LogP contribution is 2.54. The van der Waals surface area contributed by atoms with Crippen LogP contribution in [0.1, 0.15) is 60.8 Å². The van der Waals surface area contributed by atoms with E-state index in [2.05, 4.69) is 36.8 Å². The minimum absolute atomic E-state index is 0.116. The predicted molar refractivity (Wildman–Crippen MR) is 134 cm³/mol. The molecule has 196 valence electrons. The molecule has 1 aliphatic heterocycles. The van der Waals surface area contributed by atoms with Crippen molar-refractivity contribution in [2.75, 3.05) is 19.1 Å². The number of carbonyl (C=O) groups excluding carboxylic acids is 3. The van der Waals surface area contributed by atoms with E-state index in [4.69, 9.17) is 4.18 Å². The lowest BCUT2D eigenvalue weighted by Crippen LogP contribution is -2.61. The number of rotatable bonds is 10. The van der Waals surface area contributed by atoms with Gasteiger partial charge in [-0.1, -0.05) is 32.9 Å². The van der Waals surface area contributed by atoms with E-state index in [1.165, 1.54) is 11.9 Å². The van der Waals surface area contributed by atoms with Crippen LogP contribution in [0.25, 0.3) is 0 Å². The maximum absolute atomic E-state index is 13.2. The zero-order valence-electron chi connectivity index (χ0n) is 21.6. The molecule has 1 fully saturated rings. The summed E-state index contributed by atoms with van der Waals surface area (Å²) in [6, 6.07) is -2.80. The van der Waals surface area contributed by atoms with Gasteiger partial charge in [0.1, 0.15) is 18.1 Å². The SMILES string of the molecule is C/C=C/CC(=O)NC(C(=O)NC(C)C(=O)N1CCCC(C(=O)O)N1)C(C)OS(C)(C)C(C)(C)C. The third kappa shape index (κ3) is 8.59. The third-order valence-electron chi connectivity index (χ3n) is 5.95. The van der Waals surface area contributed by atoms with Crippen LogP contribution in [0.3, 0.4) is 0 Å². The molecule has 1 aliphatic rings. The molecule has 0 spiro atoms. The molecular formula is C23H42N4O6S. The smallest absolute Gasteiger partial charge is 0.322 e. The summed E-state index contributed by atoms with van der Waals surface area (Å²) in [5, 5.41) is 15.9. The molecule has 3 amide bonds. The maximum atomic E-state index is 13.2. The van der Waals surface area contributed by atoms with Gasteiger partial charge in [0.25, 0.3) is 5.91 Å². The van der Waals surface area contributed by atoms with Crippen molar-refractivity contribution in [2.24, 2.45) is 0 Å². The van der Waals surface area contributed by atoms with E-state index in [0.29, 0.717) is 19.4 Å². The van der Waals surface area contributed by atoms with Crippen molar-refractivity contribution in [2.45, 2.75) is 89.8 Å². The first-order valence-corrected chi connectivity index (χ1v) is 13.9. The lowest BCUT2D eigenvalue weighted by Gasteiger charge is -2.46. The molecule has 0 radical (unpaired) electrons. The molecule has 1 heterocycles. The third-order valence-corrected chi connectivity index (χ3v) is 9.69. The van der Waals surface area contributed by atoms with E-state index in [1.807, 2.05) is 12.5 Å².